The summed E-state index contributed by atoms with van der Waals surface area (Å²) in [4.78, 5) is 2.16. The van der Waals surface area contributed by atoms with Crippen LogP contribution in [0.1, 0.15) is 0 Å². The van der Waals surface area contributed by atoms with Gasteiger partial charge in [-0.15, -0.1) is 0 Å². The molecule has 3 rings (SSSR count). The van der Waals surface area contributed by atoms with Crippen molar-refractivity contribution >= 4 is 34.1 Å². The van der Waals surface area contributed by atoms with Gasteiger partial charge in [-0.2, -0.15) is 0 Å². The fourth-order valence-electron chi connectivity index (χ4n) is 2.47. The van der Waals surface area contributed by atoms with E-state index in [0.717, 1.165) is 34.1 Å². The normalized spacial score (nSPS) is 10.3. The van der Waals surface area contributed by atoms with Crippen LogP contribution in [0.25, 0.3) is 0 Å². The number of hydrogen-bond acceptors (Lipinski definition) is 4. The minimum atomic E-state index is 0.747. The van der Waals surface area contributed by atoms with Crippen LogP contribution >= 0.6 is 0 Å². The van der Waals surface area contributed by atoms with Crippen molar-refractivity contribution in [3.63, 3.8) is 0 Å². The van der Waals surface area contributed by atoms with E-state index >= 15 is 0 Å². The molecule has 5 N–H and O–H groups in total. The number of hydrogen-bond donors (Lipinski definition) is 3. The molecule has 3 aromatic rings. The summed E-state index contributed by atoms with van der Waals surface area (Å²) >= 11 is 0. The summed E-state index contributed by atoms with van der Waals surface area (Å²) in [6, 6.07) is 23.9. The van der Waals surface area contributed by atoms with Crippen LogP contribution in [0.5, 0.6) is 0 Å². The van der Waals surface area contributed by atoms with E-state index in [1.54, 1.807) is 0 Å². The molecule has 0 saturated heterocycles. The van der Waals surface area contributed by atoms with E-state index in [9.17, 15) is 0 Å². The highest BCUT2D eigenvalue weighted by Crippen LogP contribution is 2.35. The fourth-order valence-corrected chi connectivity index (χ4v) is 2.47. The smallest absolute Gasteiger partial charge is 0.0463 e. The standard InChI is InChI=1S/C19H20N4/c1-22-16-6-12-19(13-7-16)23(17-8-2-14(20)3-9-17)18-10-4-15(21)5-11-18/h2-13,22H,20-21H2,1H3. The van der Waals surface area contributed by atoms with E-state index in [2.05, 4.69) is 34.5 Å². The van der Waals surface area contributed by atoms with E-state index in [1.165, 1.54) is 0 Å². The van der Waals surface area contributed by atoms with Gasteiger partial charge in [0, 0.05) is 41.2 Å². The van der Waals surface area contributed by atoms with Gasteiger partial charge < -0.3 is 21.7 Å². The van der Waals surface area contributed by atoms with Gasteiger partial charge in [0.05, 0.1) is 0 Å². The molecule has 4 nitrogen and oxygen atoms in total. The van der Waals surface area contributed by atoms with Crippen LogP contribution in [-0.2, 0) is 0 Å². The molecule has 116 valence electrons. The van der Waals surface area contributed by atoms with Crippen LogP contribution in [0.15, 0.2) is 72.8 Å². The van der Waals surface area contributed by atoms with Crippen molar-refractivity contribution < 1.29 is 0 Å². The van der Waals surface area contributed by atoms with Crippen LogP contribution in [0.4, 0.5) is 34.1 Å². The molecule has 0 radical (unpaired) electrons. The van der Waals surface area contributed by atoms with Crippen LogP contribution in [0.2, 0.25) is 0 Å². The lowest BCUT2D eigenvalue weighted by Gasteiger charge is -2.25. The zero-order valence-electron chi connectivity index (χ0n) is 13.0. The summed E-state index contributed by atoms with van der Waals surface area (Å²) in [5.74, 6) is 0. The van der Waals surface area contributed by atoms with Crippen molar-refractivity contribution in [1.82, 2.24) is 0 Å². The quantitative estimate of drug-likeness (QED) is 0.626. The lowest BCUT2D eigenvalue weighted by molar-refractivity contribution is 1.28. The third-order valence-corrected chi connectivity index (χ3v) is 3.72. The third-order valence-electron chi connectivity index (χ3n) is 3.72. The van der Waals surface area contributed by atoms with Gasteiger partial charge in [-0.05, 0) is 72.8 Å². The molecule has 0 bridgehead atoms. The lowest BCUT2D eigenvalue weighted by atomic mass is 10.1. The summed E-state index contributed by atoms with van der Waals surface area (Å²) in [5, 5.41) is 3.14. The van der Waals surface area contributed by atoms with Crippen molar-refractivity contribution in [2.45, 2.75) is 0 Å². The Morgan fingerprint density at radius 1 is 0.609 bits per heavy atom. The number of nitrogen functional groups attached to an aromatic ring is 2. The Morgan fingerprint density at radius 2 is 0.957 bits per heavy atom. The highest BCUT2D eigenvalue weighted by Gasteiger charge is 2.12. The molecule has 0 aliphatic carbocycles. The third kappa shape index (κ3) is 3.21. The predicted molar refractivity (Wildman–Crippen MR) is 99.5 cm³/mol. The van der Waals surface area contributed by atoms with E-state index in [0.29, 0.717) is 0 Å². The van der Waals surface area contributed by atoms with E-state index in [1.807, 2.05) is 55.6 Å². The molecule has 0 unspecified atom stereocenters. The molecule has 0 aliphatic rings. The second-order valence-electron chi connectivity index (χ2n) is 5.32. The summed E-state index contributed by atoms with van der Waals surface area (Å²) in [5.41, 5.74) is 17.4. The van der Waals surface area contributed by atoms with Gasteiger partial charge in [-0.3, -0.25) is 0 Å². The van der Waals surface area contributed by atoms with Crippen LogP contribution in [0, 0.1) is 0 Å². The van der Waals surface area contributed by atoms with Crippen molar-refractivity contribution in [3.8, 4) is 0 Å². The first-order valence-corrected chi connectivity index (χ1v) is 7.46. The monoisotopic (exact) mass is 304 g/mol. The Morgan fingerprint density at radius 3 is 1.30 bits per heavy atom. The molecular formula is C19H20N4. The van der Waals surface area contributed by atoms with Gasteiger partial charge >= 0.3 is 0 Å². The summed E-state index contributed by atoms with van der Waals surface area (Å²) in [6.07, 6.45) is 0. The van der Waals surface area contributed by atoms with E-state index in [-0.39, 0.29) is 0 Å². The second kappa shape index (κ2) is 6.32. The zero-order valence-corrected chi connectivity index (χ0v) is 13.0. The predicted octanol–water partition coefficient (Wildman–Crippen LogP) is 4.36. The molecule has 0 atom stereocenters. The van der Waals surface area contributed by atoms with Crippen LogP contribution < -0.4 is 21.7 Å². The maximum absolute atomic E-state index is 5.82. The number of anilines is 6. The SMILES string of the molecule is CNc1ccc(N(c2ccc(N)cc2)c2ccc(N)cc2)cc1. The molecule has 0 fully saturated rings. The van der Waals surface area contributed by atoms with Crippen molar-refractivity contribution in [2.75, 3.05) is 28.7 Å². The Labute approximate surface area is 136 Å². The Bertz CT molecular complexity index is 716. The average Bonchev–Trinajstić information content (AvgIpc) is 2.59. The number of benzene rings is 3. The van der Waals surface area contributed by atoms with Gasteiger partial charge in [0.25, 0.3) is 0 Å². The Balaban J connectivity index is 2.08. The van der Waals surface area contributed by atoms with Gasteiger partial charge in [-0.1, -0.05) is 0 Å². The largest absolute Gasteiger partial charge is 0.399 e. The van der Waals surface area contributed by atoms with Crippen molar-refractivity contribution in [1.29, 1.82) is 0 Å². The molecule has 23 heavy (non-hydrogen) atoms. The van der Waals surface area contributed by atoms with Crippen LogP contribution in [-0.4, -0.2) is 7.05 Å². The van der Waals surface area contributed by atoms with Crippen molar-refractivity contribution in [2.24, 2.45) is 0 Å². The number of rotatable bonds is 4. The van der Waals surface area contributed by atoms with Crippen molar-refractivity contribution in [3.05, 3.63) is 72.8 Å². The summed E-state index contributed by atoms with van der Waals surface area (Å²) < 4.78 is 0. The summed E-state index contributed by atoms with van der Waals surface area (Å²) in [6.45, 7) is 0. The zero-order chi connectivity index (χ0) is 16.2. The summed E-state index contributed by atoms with van der Waals surface area (Å²) in [7, 11) is 1.91. The van der Waals surface area contributed by atoms with Gasteiger partial charge in [0.15, 0.2) is 0 Å². The lowest BCUT2D eigenvalue weighted by Crippen LogP contribution is -2.10. The van der Waals surface area contributed by atoms with E-state index < -0.39 is 0 Å². The molecule has 0 spiro atoms. The number of nitrogens with two attached hydrogens (primary N) is 2. The Hall–Kier alpha value is -3.14. The molecule has 0 amide bonds. The van der Waals surface area contributed by atoms with Gasteiger partial charge in [0.1, 0.15) is 0 Å². The van der Waals surface area contributed by atoms with Gasteiger partial charge in [0.2, 0.25) is 0 Å². The molecule has 0 aliphatic heterocycles. The fraction of sp³-hybridized carbons (Fsp3) is 0.0526. The maximum Gasteiger partial charge on any atom is 0.0463 e. The highest BCUT2D eigenvalue weighted by molar-refractivity contribution is 5.78. The second-order valence-corrected chi connectivity index (χ2v) is 5.32. The first-order chi connectivity index (χ1) is 11.2. The minimum absolute atomic E-state index is 0.747. The van der Waals surface area contributed by atoms with E-state index in [4.69, 9.17) is 11.5 Å². The molecule has 0 heterocycles. The number of nitrogens with one attached hydrogen (secondary N) is 1. The first-order valence-electron chi connectivity index (χ1n) is 7.46. The maximum atomic E-state index is 5.82. The van der Waals surface area contributed by atoms with Gasteiger partial charge in [-0.25, -0.2) is 0 Å². The molecular weight excluding hydrogens is 284 g/mol. The average molecular weight is 304 g/mol. The topological polar surface area (TPSA) is 67.3 Å². The molecule has 0 saturated carbocycles. The Kier molecular flexibility index (Phi) is 4.06. The highest BCUT2D eigenvalue weighted by atomic mass is 15.1. The molecule has 0 aromatic heterocycles. The molecule has 3 aromatic carbocycles. The first kappa shape index (κ1) is 14.8. The van der Waals surface area contributed by atoms with Crippen LogP contribution in [0.3, 0.4) is 0 Å². The minimum Gasteiger partial charge on any atom is -0.399 e. The molecule has 4 heteroatoms. The number of nitrogens with zero attached hydrogens (tertiary/aromatic N) is 1.